The molecule has 6 nitrogen and oxygen atoms in total. The predicted molar refractivity (Wildman–Crippen MR) is 123 cm³/mol. The summed E-state index contributed by atoms with van der Waals surface area (Å²) in [6, 6.07) is 7.65. The lowest BCUT2D eigenvalue weighted by molar-refractivity contribution is -0.122. The Balaban J connectivity index is 1.58. The van der Waals surface area contributed by atoms with E-state index in [2.05, 4.69) is 15.6 Å². The van der Waals surface area contributed by atoms with E-state index < -0.39 is 23.6 Å². The highest BCUT2D eigenvalue weighted by Gasteiger charge is 2.22. The first-order valence-electron chi connectivity index (χ1n) is 9.31. The van der Waals surface area contributed by atoms with Gasteiger partial charge in [-0.05, 0) is 44.3 Å². The molecular formula is C21H18Cl2F2N4O2S. The smallest absolute Gasteiger partial charge is 0.243 e. The first-order valence-corrected chi connectivity index (χ1v) is 10.9. The maximum atomic E-state index is 13.4. The van der Waals surface area contributed by atoms with Crippen LogP contribution in [-0.4, -0.2) is 41.3 Å². The Morgan fingerprint density at radius 1 is 1.12 bits per heavy atom. The highest BCUT2D eigenvalue weighted by Crippen LogP contribution is 2.30. The van der Waals surface area contributed by atoms with Crippen molar-refractivity contribution in [1.29, 1.82) is 0 Å². The minimum absolute atomic E-state index is 0.0892. The van der Waals surface area contributed by atoms with Gasteiger partial charge in [0.1, 0.15) is 0 Å². The van der Waals surface area contributed by atoms with Crippen molar-refractivity contribution in [3.05, 3.63) is 63.5 Å². The highest BCUT2D eigenvalue weighted by molar-refractivity contribution is 7.14. The molecule has 0 aliphatic heterocycles. The number of halogens is 4. The van der Waals surface area contributed by atoms with E-state index in [0.29, 0.717) is 32.1 Å². The molecule has 1 unspecified atom stereocenters. The molecule has 168 valence electrons. The summed E-state index contributed by atoms with van der Waals surface area (Å²) in [6.07, 6.45) is 0. The van der Waals surface area contributed by atoms with Crippen molar-refractivity contribution in [3.63, 3.8) is 0 Å². The Morgan fingerprint density at radius 3 is 2.47 bits per heavy atom. The van der Waals surface area contributed by atoms with Gasteiger partial charge in [-0.15, -0.1) is 11.3 Å². The van der Waals surface area contributed by atoms with Crippen LogP contribution in [-0.2, 0) is 9.59 Å². The molecule has 2 aromatic carbocycles. The number of para-hydroxylation sites is 1. The third-order valence-corrected chi connectivity index (χ3v) is 6.00. The van der Waals surface area contributed by atoms with E-state index >= 15 is 0 Å². The van der Waals surface area contributed by atoms with Crippen LogP contribution >= 0.6 is 34.5 Å². The van der Waals surface area contributed by atoms with Gasteiger partial charge in [-0.1, -0.05) is 29.3 Å². The van der Waals surface area contributed by atoms with Crippen LogP contribution in [0.2, 0.25) is 10.0 Å². The third kappa shape index (κ3) is 5.80. The van der Waals surface area contributed by atoms with E-state index in [-0.39, 0.29) is 12.5 Å². The summed E-state index contributed by atoms with van der Waals surface area (Å²) in [5.74, 6) is -2.71. The second kappa shape index (κ2) is 10.4. The molecule has 3 aromatic rings. The molecule has 2 N–H and O–H groups in total. The number of carbonyl (C=O) groups is 2. The lowest BCUT2D eigenvalue weighted by Gasteiger charge is -2.23. The zero-order valence-electron chi connectivity index (χ0n) is 17.0. The van der Waals surface area contributed by atoms with E-state index in [4.69, 9.17) is 23.2 Å². The van der Waals surface area contributed by atoms with Gasteiger partial charge in [0.15, 0.2) is 16.8 Å². The molecule has 1 atom stereocenters. The summed E-state index contributed by atoms with van der Waals surface area (Å²) >= 11 is 13.3. The number of benzene rings is 2. The van der Waals surface area contributed by atoms with Gasteiger partial charge in [0, 0.05) is 10.9 Å². The van der Waals surface area contributed by atoms with Gasteiger partial charge in [-0.25, -0.2) is 13.8 Å². The van der Waals surface area contributed by atoms with Crippen molar-refractivity contribution < 1.29 is 18.4 Å². The fourth-order valence-electron chi connectivity index (χ4n) is 2.69. The molecule has 0 fully saturated rings. The van der Waals surface area contributed by atoms with Gasteiger partial charge < -0.3 is 10.6 Å². The van der Waals surface area contributed by atoms with Crippen molar-refractivity contribution >= 4 is 57.2 Å². The first kappa shape index (κ1) is 24.1. The van der Waals surface area contributed by atoms with Gasteiger partial charge in [-0.2, -0.15) is 0 Å². The number of aromatic nitrogens is 1. The molecule has 1 heterocycles. The third-order valence-electron chi connectivity index (χ3n) is 4.61. The van der Waals surface area contributed by atoms with Crippen molar-refractivity contribution in [3.8, 4) is 11.3 Å². The maximum absolute atomic E-state index is 13.4. The zero-order chi connectivity index (χ0) is 23.4. The Hall–Kier alpha value is -2.59. The molecule has 2 amide bonds. The molecule has 11 heteroatoms. The number of amides is 2. The van der Waals surface area contributed by atoms with Crippen LogP contribution in [0.15, 0.2) is 41.8 Å². The van der Waals surface area contributed by atoms with Crippen LogP contribution in [0.25, 0.3) is 11.3 Å². The summed E-state index contributed by atoms with van der Waals surface area (Å²) in [4.78, 5) is 30.7. The molecule has 0 aliphatic carbocycles. The van der Waals surface area contributed by atoms with Crippen LogP contribution in [0.3, 0.4) is 0 Å². The fraction of sp³-hybridized carbons (Fsp3) is 0.190. The Kier molecular flexibility index (Phi) is 7.78. The average molecular weight is 499 g/mol. The van der Waals surface area contributed by atoms with Crippen molar-refractivity contribution in [2.45, 2.75) is 13.0 Å². The van der Waals surface area contributed by atoms with Gasteiger partial charge in [-0.3, -0.25) is 14.5 Å². The fourth-order valence-corrected chi connectivity index (χ4v) is 3.90. The van der Waals surface area contributed by atoms with Gasteiger partial charge in [0.25, 0.3) is 0 Å². The normalized spacial score (nSPS) is 12.0. The molecule has 3 rings (SSSR count). The van der Waals surface area contributed by atoms with E-state index in [1.165, 1.54) is 6.07 Å². The van der Waals surface area contributed by atoms with Crippen molar-refractivity contribution in [2.24, 2.45) is 0 Å². The van der Waals surface area contributed by atoms with E-state index in [1.807, 2.05) is 0 Å². The maximum Gasteiger partial charge on any atom is 0.243 e. The summed E-state index contributed by atoms with van der Waals surface area (Å²) < 4.78 is 26.6. The highest BCUT2D eigenvalue weighted by atomic mass is 35.5. The topological polar surface area (TPSA) is 74.3 Å². The number of hydrogen-bond acceptors (Lipinski definition) is 5. The summed E-state index contributed by atoms with van der Waals surface area (Å²) in [5.41, 5.74) is 1.10. The molecule has 32 heavy (non-hydrogen) atoms. The number of nitrogens with zero attached hydrogens (tertiary/aromatic N) is 2. The number of thiazole rings is 1. The molecule has 0 spiro atoms. The molecule has 0 saturated heterocycles. The van der Waals surface area contributed by atoms with Crippen LogP contribution in [0.4, 0.5) is 19.6 Å². The van der Waals surface area contributed by atoms with Crippen molar-refractivity contribution in [1.82, 2.24) is 9.88 Å². The number of hydrogen-bond donors (Lipinski definition) is 2. The summed E-state index contributed by atoms with van der Waals surface area (Å²) in [7, 11) is 1.62. The van der Waals surface area contributed by atoms with Crippen LogP contribution in [0, 0.1) is 11.6 Å². The lowest BCUT2D eigenvalue weighted by Crippen LogP contribution is -2.43. The number of nitrogens with one attached hydrogen (secondary N) is 2. The summed E-state index contributed by atoms with van der Waals surface area (Å²) in [5, 5.41) is 7.83. The van der Waals surface area contributed by atoms with Gasteiger partial charge >= 0.3 is 0 Å². The standard InChI is InChI=1S/C21H18Cl2F2N4O2S/c1-11(29(2)9-18(30)27-19-13(22)4-3-5-14(19)23)20(31)28-21-26-17(10-32-21)12-6-7-15(24)16(25)8-12/h3-8,10-11H,9H2,1-2H3,(H,27,30)(H,26,28,31). The van der Waals surface area contributed by atoms with Crippen molar-refractivity contribution in [2.75, 3.05) is 24.2 Å². The van der Waals surface area contributed by atoms with Gasteiger partial charge in [0.05, 0.1) is 34.0 Å². The molecule has 0 bridgehead atoms. The quantitative estimate of drug-likeness (QED) is 0.463. The molecule has 0 aliphatic rings. The minimum atomic E-state index is -0.979. The molecule has 0 radical (unpaired) electrons. The molecule has 1 aromatic heterocycles. The second-order valence-corrected chi connectivity index (χ2v) is 8.56. The Labute approximate surface area is 197 Å². The Morgan fingerprint density at radius 2 is 1.81 bits per heavy atom. The van der Waals surface area contributed by atoms with Crippen LogP contribution in [0.5, 0.6) is 0 Å². The first-order chi connectivity index (χ1) is 15.2. The van der Waals surface area contributed by atoms with Crippen LogP contribution in [0.1, 0.15) is 6.92 Å². The average Bonchev–Trinajstić information content (AvgIpc) is 3.20. The number of likely N-dealkylation sites (N-methyl/N-ethyl adjacent to an activating group) is 1. The van der Waals surface area contributed by atoms with Gasteiger partial charge in [0.2, 0.25) is 11.8 Å². The second-order valence-electron chi connectivity index (χ2n) is 6.89. The zero-order valence-corrected chi connectivity index (χ0v) is 19.3. The minimum Gasteiger partial charge on any atom is -0.322 e. The number of rotatable bonds is 7. The SMILES string of the molecule is CC(C(=O)Nc1nc(-c2ccc(F)c(F)c2)cs1)N(C)CC(=O)Nc1c(Cl)cccc1Cl. The monoisotopic (exact) mass is 498 g/mol. The largest absolute Gasteiger partial charge is 0.322 e. The Bertz CT molecular complexity index is 1140. The predicted octanol–water partition coefficient (Wildman–Crippen LogP) is 5.29. The lowest BCUT2D eigenvalue weighted by atomic mass is 10.2. The molecular weight excluding hydrogens is 481 g/mol. The number of anilines is 2. The van der Waals surface area contributed by atoms with Crippen LogP contribution < -0.4 is 10.6 Å². The summed E-state index contributed by atoms with van der Waals surface area (Å²) in [6.45, 7) is 1.54. The van der Waals surface area contributed by atoms with E-state index in [1.54, 1.807) is 42.5 Å². The van der Waals surface area contributed by atoms with E-state index in [9.17, 15) is 18.4 Å². The number of carbonyl (C=O) groups excluding carboxylic acids is 2. The molecule has 0 saturated carbocycles. The van der Waals surface area contributed by atoms with E-state index in [0.717, 1.165) is 23.5 Å².